The fourth-order valence-electron chi connectivity index (χ4n) is 1.45. The third-order valence-electron chi connectivity index (χ3n) is 2.29. The molecule has 1 aromatic carbocycles. The number of hydrogen-bond donors (Lipinski definition) is 2. The molecule has 0 aliphatic heterocycles. The van der Waals surface area contributed by atoms with E-state index in [2.05, 4.69) is 27.3 Å². The van der Waals surface area contributed by atoms with Crippen LogP contribution in [0.5, 0.6) is 0 Å². The van der Waals surface area contributed by atoms with Crippen molar-refractivity contribution in [1.29, 1.82) is 0 Å². The van der Waals surface area contributed by atoms with E-state index in [9.17, 15) is 12.8 Å². The zero-order valence-corrected chi connectivity index (χ0v) is 11.7. The van der Waals surface area contributed by atoms with Gasteiger partial charge in [-0.1, -0.05) is 16.9 Å². The third kappa shape index (κ3) is 3.53. The molecule has 3 N–H and O–H groups in total. The molecule has 0 fully saturated rings. The highest BCUT2D eigenvalue weighted by atomic mass is 32.2. The van der Waals surface area contributed by atoms with Crippen LogP contribution in [0.4, 0.5) is 10.3 Å². The van der Waals surface area contributed by atoms with Gasteiger partial charge in [0.2, 0.25) is 0 Å². The van der Waals surface area contributed by atoms with Crippen LogP contribution >= 0.6 is 0 Å². The molecule has 0 unspecified atom stereocenters. The molecule has 10 heteroatoms. The molecule has 0 aliphatic carbocycles. The van der Waals surface area contributed by atoms with Crippen LogP contribution in [0.3, 0.4) is 0 Å². The van der Waals surface area contributed by atoms with Gasteiger partial charge in [0.15, 0.2) is 0 Å². The minimum atomic E-state index is -4.14. The van der Waals surface area contributed by atoms with Crippen LogP contribution in [0.2, 0.25) is 0 Å². The summed E-state index contributed by atoms with van der Waals surface area (Å²) in [5, 5.41) is 10.6. The van der Waals surface area contributed by atoms with Gasteiger partial charge < -0.3 is 5.73 Å². The Kier molecular flexibility index (Phi) is 4.15. The molecule has 2 aromatic rings. The number of nitrogens with two attached hydrogens (primary N) is 1. The maximum Gasteiger partial charge on any atom is 0.277 e. The van der Waals surface area contributed by atoms with Gasteiger partial charge in [0, 0.05) is 5.56 Å². The van der Waals surface area contributed by atoms with Crippen molar-refractivity contribution in [2.24, 2.45) is 12.8 Å². The van der Waals surface area contributed by atoms with Crippen LogP contribution in [-0.4, -0.2) is 35.2 Å². The van der Waals surface area contributed by atoms with E-state index >= 15 is 0 Å². The molecule has 110 valence electrons. The van der Waals surface area contributed by atoms with E-state index in [4.69, 9.17) is 5.73 Å². The molecule has 0 spiro atoms. The second kappa shape index (κ2) is 5.86. The van der Waals surface area contributed by atoms with Crippen LogP contribution in [0.15, 0.2) is 23.1 Å². The van der Waals surface area contributed by atoms with Crippen LogP contribution < -0.4 is 10.5 Å². The van der Waals surface area contributed by atoms with Gasteiger partial charge in [-0.15, -0.1) is 5.10 Å². The number of nitrogens with one attached hydrogen (secondary N) is 1. The number of aryl methyl sites for hydroxylation is 1. The molecule has 0 atom stereocenters. The van der Waals surface area contributed by atoms with E-state index in [0.717, 1.165) is 16.9 Å². The fraction of sp³-hybridized carbons (Fsp3) is 0.182. The average Bonchev–Trinajstić information content (AvgIpc) is 2.80. The highest BCUT2D eigenvalue weighted by molar-refractivity contribution is 7.92. The van der Waals surface area contributed by atoms with E-state index in [1.54, 1.807) is 0 Å². The largest absolute Gasteiger partial charge is 0.320 e. The molecule has 2 rings (SSSR count). The number of anilines is 1. The average molecular weight is 310 g/mol. The molecule has 0 bridgehead atoms. The lowest BCUT2D eigenvalue weighted by molar-refractivity contribution is 0.570. The van der Waals surface area contributed by atoms with Crippen LogP contribution in [-0.2, 0) is 17.1 Å². The normalized spacial score (nSPS) is 10.8. The Labute approximate surface area is 120 Å². The summed E-state index contributed by atoms with van der Waals surface area (Å²) in [6.45, 7) is 0.127. The van der Waals surface area contributed by atoms with Crippen molar-refractivity contribution in [3.63, 3.8) is 0 Å². The van der Waals surface area contributed by atoms with Crippen molar-refractivity contribution < 1.29 is 12.8 Å². The lowest BCUT2D eigenvalue weighted by Crippen LogP contribution is -2.16. The summed E-state index contributed by atoms with van der Waals surface area (Å²) >= 11 is 0. The summed E-state index contributed by atoms with van der Waals surface area (Å²) in [7, 11) is -2.68. The van der Waals surface area contributed by atoms with Gasteiger partial charge in [-0.3, -0.25) is 0 Å². The Morgan fingerprint density at radius 3 is 2.81 bits per heavy atom. The van der Waals surface area contributed by atoms with E-state index in [-0.39, 0.29) is 12.5 Å². The van der Waals surface area contributed by atoms with E-state index in [0.29, 0.717) is 5.56 Å². The second-order valence-electron chi connectivity index (χ2n) is 3.86. The van der Waals surface area contributed by atoms with Crippen molar-refractivity contribution in [2.75, 3.05) is 11.3 Å². The number of tetrazole rings is 1. The summed E-state index contributed by atoms with van der Waals surface area (Å²) in [5.41, 5.74) is 5.53. The zero-order valence-electron chi connectivity index (χ0n) is 10.9. The molecule has 21 heavy (non-hydrogen) atoms. The van der Waals surface area contributed by atoms with E-state index in [1.165, 1.54) is 13.1 Å². The number of aromatic nitrogens is 4. The summed E-state index contributed by atoms with van der Waals surface area (Å²) < 4.78 is 40.0. The Hall–Kier alpha value is -2.51. The first-order valence-corrected chi connectivity index (χ1v) is 7.16. The van der Waals surface area contributed by atoms with E-state index in [1.807, 2.05) is 4.72 Å². The fourth-order valence-corrected chi connectivity index (χ4v) is 2.44. The number of sulfonamides is 1. The van der Waals surface area contributed by atoms with Gasteiger partial charge in [0.25, 0.3) is 16.0 Å². The first-order valence-electron chi connectivity index (χ1n) is 5.67. The van der Waals surface area contributed by atoms with Gasteiger partial charge >= 0.3 is 0 Å². The first-order chi connectivity index (χ1) is 9.92. The molecular weight excluding hydrogens is 299 g/mol. The minimum absolute atomic E-state index is 0.127. The van der Waals surface area contributed by atoms with Crippen molar-refractivity contribution >= 4 is 16.0 Å². The molecule has 1 aromatic heterocycles. The van der Waals surface area contributed by atoms with Gasteiger partial charge in [0.05, 0.1) is 13.6 Å². The maximum atomic E-state index is 13.9. The van der Waals surface area contributed by atoms with Gasteiger partial charge in [-0.05, 0) is 23.4 Å². The molecular formula is C11H11FN6O2S. The first kappa shape index (κ1) is 14.9. The van der Waals surface area contributed by atoms with Gasteiger partial charge in [0.1, 0.15) is 10.7 Å². The smallest absolute Gasteiger partial charge is 0.277 e. The highest BCUT2D eigenvalue weighted by Crippen LogP contribution is 2.17. The molecule has 8 nitrogen and oxygen atoms in total. The number of halogens is 1. The topological polar surface area (TPSA) is 116 Å². The number of nitrogens with zero attached hydrogens (tertiary/aromatic N) is 4. The molecule has 0 amide bonds. The summed E-state index contributed by atoms with van der Waals surface area (Å²) in [4.78, 5) is 0.535. The van der Waals surface area contributed by atoms with Crippen LogP contribution in [0.1, 0.15) is 5.56 Å². The van der Waals surface area contributed by atoms with Crippen molar-refractivity contribution in [3.05, 3.63) is 29.6 Å². The maximum absolute atomic E-state index is 13.9. The number of rotatable bonds is 3. The Bertz CT molecular complexity index is 821. The Balaban J connectivity index is 2.32. The highest BCUT2D eigenvalue weighted by Gasteiger charge is 2.21. The van der Waals surface area contributed by atoms with Gasteiger partial charge in [-0.25, -0.2) is 17.5 Å². The molecule has 0 saturated carbocycles. The number of benzene rings is 1. The minimum Gasteiger partial charge on any atom is -0.320 e. The zero-order chi connectivity index (χ0) is 15.5. The molecule has 0 aliphatic rings. The van der Waals surface area contributed by atoms with Crippen LogP contribution in [0, 0.1) is 17.7 Å². The standard InChI is InChI=1S/C11H11FN6O2S/c1-18-15-11(14-17-18)16-21(19,20)10-5-4-8(3-2-6-13)7-9(10)12/h4-5,7H,6,13H2,1H3,(H,15,16). The number of hydrogen-bond acceptors (Lipinski definition) is 6. The van der Waals surface area contributed by atoms with Crippen LogP contribution in [0.25, 0.3) is 0 Å². The monoisotopic (exact) mass is 310 g/mol. The lowest BCUT2D eigenvalue weighted by Gasteiger charge is -2.05. The Morgan fingerprint density at radius 2 is 2.24 bits per heavy atom. The van der Waals surface area contributed by atoms with E-state index < -0.39 is 20.7 Å². The van der Waals surface area contributed by atoms with Crippen molar-refractivity contribution in [2.45, 2.75) is 4.90 Å². The summed E-state index contributed by atoms with van der Waals surface area (Å²) in [5.74, 6) is 3.97. The molecule has 0 saturated heterocycles. The summed E-state index contributed by atoms with van der Waals surface area (Å²) in [6, 6.07) is 3.50. The third-order valence-corrected chi connectivity index (χ3v) is 3.65. The molecule has 0 radical (unpaired) electrons. The van der Waals surface area contributed by atoms with Crippen molar-refractivity contribution in [3.8, 4) is 11.8 Å². The quantitative estimate of drug-likeness (QED) is 0.736. The molecule has 1 heterocycles. The second-order valence-corrected chi connectivity index (χ2v) is 5.51. The Morgan fingerprint density at radius 1 is 1.48 bits per heavy atom. The van der Waals surface area contributed by atoms with Gasteiger partial charge in [-0.2, -0.15) is 4.80 Å². The summed E-state index contributed by atoms with van der Waals surface area (Å²) in [6.07, 6.45) is 0. The lowest BCUT2D eigenvalue weighted by atomic mass is 10.2. The SMILES string of the molecule is Cn1nnc(NS(=O)(=O)c2ccc(C#CCN)cc2F)n1. The predicted octanol–water partition coefficient (Wildman–Crippen LogP) is -0.540. The predicted molar refractivity (Wildman–Crippen MR) is 71.9 cm³/mol. The van der Waals surface area contributed by atoms with Crippen molar-refractivity contribution in [1.82, 2.24) is 20.2 Å².